The third kappa shape index (κ3) is 3.95. The highest BCUT2D eigenvalue weighted by Gasteiger charge is 2.21. The van der Waals surface area contributed by atoms with Gasteiger partial charge in [0.2, 0.25) is 0 Å². The predicted molar refractivity (Wildman–Crippen MR) is 210 cm³/mol. The van der Waals surface area contributed by atoms with Crippen molar-refractivity contribution in [3.8, 4) is 28.3 Å². The molecule has 5 heteroatoms. The molecular formula is C45H26N4S. The van der Waals surface area contributed by atoms with Crippen LogP contribution in [0.5, 0.6) is 0 Å². The first-order valence-corrected chi connectivity index (χ1v) is 17.6. The molecule has 0 saturated heterocycles. The second-order valence-electron chi connectivity index (χ2n) is 12.8. The van der Waals surface area contributed by atoms with Crippen molar-refractivity contribution in [1.82, 2.24) is 19.5 Å². The molecule has 50 heavy (non-hydrogen) atoms. The Morgan fingerprint density at radius 1 is 0.500 bits per heavy atom. The molecule has 4 heterocycles. The summed E-state index contributed by atoms with van der Waals surface area (Å²) < 4.78 is 5.09. The molecule has 0 aliphatic rings. The number of hydrogen-bond acceptors (Lipinski definition) is 4. The minimum atomic E-state index is 0.658. The molecule has 11 aromatic rings. The van der Waals surface area contributed by atoms with Crippen LogP contribution < -0.4 is 0 Å². The Balaban J connectivity index is 1.13. The van der Waals surface area contributed by atoms with Crippen LogP contribution in [-0.2, 0) is 0 Å². The Bertz CT molecular complexity index is 3150. The molecule has 232 valence electrons. The lowest BCUT2D eigenvalue weighted by Crippen LogP contribution is -1.98. The lowest BCUT2D eigenvalue weighted by Gasteiger charge is -2.12. The second kappa shape index (κ2) is 10.5. The van der Waals surface area contributed by atoms with E-state index < -0.39 is 0 Å². The van der Waals surface area contributed by atoms with E-state index in [9.17, 15) is 0 Å². The van der Waals surface area contributed by atoms with E-state index in [1.54, 1.807) is 6.20 Å². The van der Waals surface area contributed by atoms with Gasteiger partial charge in [0.1, 0.15) is 0 Å². The average Bonchev–Trinajstić information content (AvgIpc) is 3.74. The number of pyridine rings is 1. The van der Waals surface area contributed by atoms with Gasteiger partial charge in [-0.2, -0.15) is 0 Å². The van der Waals surface area contributed by atoms with Crippen LogP contribution in [0, 0.1) is 0 Å². The Kier molecular flexibility index (Phi) is 5.80. The van der Waals surface area contributed by atoms with Crippen molar-refractivity contribution in [3.63, 3.8) is 0 Å². The summed E-state index contributed by atoms with van der Waals surface area (Å²) in [5, 5.41) is 11.1. The summed E-state index contributed by atoms with van der Waals surface area (Å²) in [5.41, 5.74) is 7.08. The molecule has 0 aliphatic carbocycles. The number of fused-ring (bicyclic) bond motifs is 12. The monoisotopic (exact) mass is 654 g/mol. The molecule has 7 aromatic carbocycles. The van der Waals surface area contributed by atoms with Gasteiger partial charge in [0.05, 0.1) is 16.7 Å². The third-order valence-corrected chi connectivity index (χ3v) is 11.2. The van der Waals surface area contributed by atoms with Crippen molar-refractivity contribution >= 4 is 85.9 Å². The van der Waals surface area contributed by atoms with Gasteiger partial charge in [0.25, 0.3) is 0 Å². The molecule has 0 radical (unpaired) electrons. The Labute approximate surface area is 290 Å². The van der Waals surface area contributed by atoms with E-state index in [4.69, 9.17) is 9.97 Å². The quantitative estimate of drug-likeness (QED) is 0.190. The van der Waals surface area contributed by atoms with Gasteiger partial charge < -0.3 is 4.57 Å². The molecule has 4 nitrogen and oxygen atoms in total. The van der Waals surface area contributed by atoms with Crippen molar-refractivity contribution in [1.29, 1.82) is 0 Å². The molecule has 0 N–H and O–H groups in total. The molecule has 0 amide bonds. The van der Waals surface area contributed by atoms with Gasteiger partial charge in [-0.1, -0.05) is 97.1 Å². The van der Waals surface area contributed by atoms with E-state index in [2.05, 4.69) is 155 Å². The summed E-state index contributed by atoms with van der Waals surface area (Å²) in [6.45, 7) is 0. The zero-order chi connectivity index (χ0) is 32.8. The highest BCUT2D eigenvalue weighted by molar-refractivity contribution is 7.27. The molecule has 0 fully saturated rings. The fourth-order valence-corrected chi connectivity index (χ4v) is 9.07. The van der Waals surface area contributed by atoms with E-state index in [0.717, 1.165) is 27.9 Å². The van der Waals surface area contributed by atoms with Gasteiger partial charge in [-0.3, -0.25) is 0 Å². The van der Waals surface area contributed by atoms with Crippen molar-refractivity contribution < 1.29 is 0 Å². The third-order valence-electron chi connectivity index (χ3n) is 10.0. The molecule has 0 spiro atoms. The number of hydrogen-bond donors (Lipinski definition) is 0. The normalized spacial score (nSPS) is 12.0. The molecule has 0 aliphatic heterocycles. The van der Waals surface area contributed by atoms with Gasteiger partial charge in [-0.15, -0.1) is 11.3 Å². The van der Waals surface area contributed by atoms with Crippen LogP contribution in [0.4, 0.5) is 0 Å². The van der Waals surface area contributed by atoms with E-state index in [1.807, 2.05) is 17.4 Å². The first-order valence-electron chi connectivity index (χ1n) is 16.8. The summed E-state index contributed by atoms with van der Waals surface area (Å²) >= 11 is 1.89. The van der Waals surface area contributed by atoms with Crippen molar-refractivity contribution in [2.24, 2.45) is 0 Å². The summed E-state index contributed by atoms with van der Waals surface area (Å²) in [5.74, 6) is 0.658. The van der Waals surface area contributed by atoms with Crippen molar-refractivity contribution in [2.45, 2.75) is 0 Å². The van der Waals surface area contributed by atoms with Gasteiger partial charge in [-0.25, -0.2) is 15.0 Å². The highest BCUT2D eigenvalue weighted by atomic mass is 32.1. The Hall–Kier alpha value is -6.43. The van der Waals surface area contributed by atoms with Gasteiger partial charge in [0, 0.05) is 64.7 Å². The zero-order valence-electron chi connectivity index (χ0n) is 26.7. The number of aromatic nitrogens is 4. The maximum atomic E-state index is 5.18. The minimum Gasteiger partial charge on any atom is -0.309 e. The average molecular weight is 655 g/mol. The van der Waals surface area contributed by atoms with E-state index in [1.165, 1.54) is 63.5 Å². The summed E-state index contributed by atoms with van der Waals surface area (Å²) in [6.07, 6.45) is 1.80. The van der Waals surface area contributed by atoms with Crippen LogP contribution in [-0.4, -0.2) is 19.5 Å². The molecule has 11 rings (SSSR count). The number of thiophene rings is 1. The van der Waals surface area contributed by atoms with Crippen LogP contribution in [0.25, 0.3) is 103 Å². The van der Waals surface area contributed by atoms with Crippen molar-refractivity contribution in [2.75, 3.05) is 0 Å². The highest BCUT2D eigenvalue weighted by Crippen LogP contribution is 2.48. The molecule has 0 atom stereocenters. The second-order valence-corrected chi connectivity index (χ2v) is 13.9. The maximum absolute atomic E-state index is 5.18. The molecule has 0 unspecified atom stereocenters. The SMILES string of the molecule is c1ccc2cc(-c3nc(-c4ccc(-n5c6ccccc6c6c7sc8ccccc8c7c7ccccc7c65)cc4)nc4ncccc34)ccc2c1. The summed E-state index contributed by atoms with van der Waals surface area (Å²) in [7, 11) is 0. The molecular weight excluding hydrogens is 629 g/mol. The Morgan fingerprint density at radius 3 is 2.08 bits per heavy atom. The first-order chi connectivity index (χ1) is 24.8. The van der Waals surface area contributed by atoms with Gasteiger partial charge in [-0.05, 0) is 70.8 Å². The lowest BCUT2D eigenvalue weighted by molar-refractivity contribution is 1.17. The fourth-order valence-electron chi connectivity index (χ4n) is 7.80. The number of para-hydroxylation sites is 1. The van der Waals surface area contributed by atoms with Gasteiger partial charge >= 0.3 is 0 Å². The number of nitrogens with zero attached hydrogens (tertiary/aromatic N) is 4. The van der Waals surface area contributed by atoms with E-state index in [0.29, 0.717) is 11.5 Å². The maximum Gasteiger partial charge on any atom is 0.163 e. The predicted octanol–water partition coefficient (Wildman–Crippen LogP) is 12.1. The Morgan fingerprint density at radius 2 is 1.20 bits per heavy atom. The van der Waals surface area contributed by atoms with Crippen molar-refractivity contribution in [3.05, 3.63) is 158 Å². The van der Waals surface area contributed by atoms with Crippen LogP contribution in [0.1, 0.15) is 0 Å². The van der Waals surface area contributed by atoms with E-state index in [-0.39, 0.29) is 0 Å². The standard InChI is InChI=1S/C45H26N4S/c1-2-11-29-26-30(20-19-27(29)10-1)41-36-16-9-25-46-45(36)48-44(47-41)28-21-23-31(24-22-28)49-37-17-7-5-14-34(37)40-42(49)33-13-4-3-12-32(33)39-35-15-6-8-18-38(35)50-43(39)40/h1-26H. The first kappa shape index (κ1) is 27.5. The molecule has 4 aromatic heterocycles. The number of rotatable bonds is 3. The topological polar surface area (TPSA) is 43.6 Å². The van der Waals surface area contributed by atoms with Crippen LogP contribution in [0.3, 0.4) is 0 Å². The largest absolute Gasteiger partial charge is 0.309 e. The minimum absolute atomic E-state index is 0.658. The van der Waals surface area contributed by atoms with Gasteiger partial charge in [0.15, 0.2) is 11.5 Å². The van der Waals surface area contributed by atoms with E-state index >= 15 is 0 Å². The van der Waals surface area contributed by atoms with Crippen LogP contribution in [0.15, 0.2) is 158 Å². The summed E-state index contributed by atoms with van der Waals surface area (Å²) in [6, 6.07) is 54.1. The fraction of sp³-hybridized carbons (Fsp3) is 0. The van der Waals surface area contributed by atoms with Crippen LogP contribution >= 0.6 is 11.3 Å². The molecule has 0 bridgehead atoms. The smallest absolute Gasteiger partial charge is 0.163 e. The number of benzene rings is 7. The zero-order valence-corrected chi connectivity index (χ0v) is 27.5. The summed E-state index contributed by atoms with van der Waals surface area (Å²) in [4.78, 5) is 14.8. The van der Waals surface area contributed by atoms with Crippen LogP contribution in [0.2, 0.25) is 0 Å². The lowest BCUT2D eigenvalue weighted by atomic mass is 10.00. The molecule has 0 saturated carbocycles.